The highest BCUT2D eigenvalue weighted by Gasteiger charge is 2.65. The summed E-state index contributed by atoms with van der Waals surface area (Å²) < 4.78 is 5.09. The number of ketones is 1. The Bertz CT molecular complexity index is 1400. The predicted octanol–water partition coefficient (Wildman–Crippen LogP) is 7.64. The Morgan fingerprint density at radius 2 is 1.39 bits per heavy atom. The molecule has 2 heterocycles. The fourth-order valence-corrected chi connectivity index (χ4v) is 7.26. The highest BCUT2D eigenvalue weighted by atomic mass is 32.2. The van der Waals surface area contributed by atoms with Gasteiger partial charge in [-0.1, -0.05) is 99.1 Å². The van der Waals surface area contributed by atoms with Crippen LogP contribution in [0.25, 0.3) is 0 Å². The number of Topliss-reactive ketones (excluding diaryl/α,β-unsaturated/α-hetero) is 1. The Morgan fingerprint density at radius 3 is 1.93 bits per heavy atom. The zero-order chi connectivity index (χ0) is 28.8. The summed E-state index contributed by atoms with van der Waals surface area (Å²) >= 11 is 1.43. The van der Waals surface area contributed by atoms with Crippen molar-refractivity contribution < 1.29 is 14.3 Å². The van der Waals surface area contributed by atoms with Gasteiger partial charge in [0.1, 0.15) is 11.0 Å². The van der Waals surface area contributed by atoms with Crippen molar-refractivity contribution in [1.82, 2.24) is 0 Å². The van der Waals surface area contributed by atoms with E-state index in [1.165, 1.54) is 24.9 Å². The van der Waals surface area contributed by atoms with Crippen LogP contribution in [0.15, 0.2) is 101 Å². The molecule has 1 atom stereocenters. The number of esters is 1. The third kappa shape index (κ3) is 5.31. The summed E-state index contributed by atoms with van der Waals surface area (Å²) in [4.78, 5) is 38.2. The number of hydrogen-bond donors (Lipinski definition) is 0. The number of para-hydroxylation sites is 3. The van der Waals surface area contributed by atoms with E-state index >= 15 is 0 Å². The van der Waals surface area contributed by atoms with Gasteiger partial charge in [0.05, 0.1) is 24.2 Å². The fourth-order valence-electron chi connectivity index (χ4n) is 5.85. The summed E-state index contributed by atoms with van der Waals surface area (Å²) in [5.74, 6) is -1.22. The van der Waals surface area contributed by atoms with Crippen LogP contribution in [0, 0.1) is 5.92 Å². The molecule has 1 saturated heterocycles. The average molecular weight is 568 g/mol. The maximum atomic E-state index is 14.8. The van der Waals surface area contributed by atoms with Gasteiger partial charge in [-0.25, -0.2) is 9.79 Å². The number of nitrogens with zero attached hydrogens (tertiary/aromatic N) is 3. The summed E-state index contributed by atoms with van der Waals surface area (Å²) in [6.45, 7) is 5.85. The molecule has 3 aromatic rings. The highest BCUT2D eigenvalue weighted by molar-refractivity contribution is 8.18. The number of ether oxygens (including phenoxy) is 1. The number of methoxy groups -OCH3 is 1. The number of unbranched alkanes of at least 4 members (excludes halogenated alkanes) is 2. The highest BCUT2D eigenvalue weighted by Crippen LogP contribution is 2.59. The van der Waals surface area contributed by atoms with Gasteiger partial charge in [-0.2, -0.15) is 0 Å². The van der Waals surface area contributed by atoms with Gasteiger partial charge in [0.2, 0.25) is 0 Å². The fraction of sp³-hybridized carbons (Fsp3) is 0.324. The molecular formula is C34H37N3O3S. The van der Waals surface area contributed by atoms with E-state index < -0.39 is 17.6 Å². The molecule has 6 nitrogen and oxygen atoms in total. The van der Waals surface area contributed by atoms with Crippen LogP contribution in [0.5, 0.6) is 0 Å². The number of benzene rings is 3. The van der Waals surface area contributed by atoms with Gasteiger partial charge >= 0.3 is 5.97 Å². The Kier molecular flexibility index (Phi) is 8.93. The van der Waals surface area contributed by atoms with E-state index in [1.807, 2.05) is 60.7 Å². The van der Waals surface area contributed by atoms with Crippen LogP contribution in [0.2, 0.25) is 0 Å². The zero-order valence-corrected chi connectivity index (χ0v) is 24.8. The van der Waals surface area contributed by atoms with Crippen LogP contribution in [-0.2, 0) is 9.53 Å². The molecular weight excluding hydrogens is 530 g/mol. The van der Waals surface area contributed by atoms with Crippen LogP contribution in [0.3, 0.4) is 0 Å². The van der Waals surface area contributed by atoms with Crippen molar-refractivity contribution in [3.8, 4) is 0 Å². The van der Waals surface area contributed by atoms with Gasteiger partial charge in [-0.3, -0.25) is 4.79 Å². The lowest BCUT2D eigenvalue weighted by atomic mass is 9.83. The first kappa shape index (κ1) is 28.7. The lowest BCUT2D eigenvalue weighted by Crippen LogP contribution is -2.66. The summed E-state index contributed by atoms with van der Waals surface area (Å²) in [5.41, 5.74) is 2.64. The predicted molar refractivity (Wildman–Crippen MR) is 169 cm³/mol. The van der Waals surface area contributed by atoms with Gasteiger partial charge in [0.15, 0.2) is 11.4 Å². The number of anilines is 2. The van der Waals surface area contributed by atoms with E-state index in [0.29, 0.717) is 10.5 Å². The van der Waals surface area contributed by atoms with E-state index in [-0.39, 0.29) is 5.78 Å². The maximum absolute atomic E-state index is 14.8. The molecule has 0 amide bonds. The van der Waals surface area contributed by atoms with Crippen molar-refractivity contribution in [2.24, 2.45) is 10.9 Å². The molecule has 1 spiro atoms. The minimum absolute atomic E-state index is 0.0395. The van der Waals surface area contributed by atoms with E-state index in [9.17, 15) is 9.59 Å². The Morgan fingerprint density at radius 1 is 0.854 bits per heavy atom. The first-order valence-electron chi connectivity index (χ1n) is 14.4. The smallest absolute Gasteiger partial charge is 0.331 e. The topological polar surface area (TPSA) is 62.2 Å². The van der Waals surface area contributed by atoms with E-state index in [1.54, 1.807) is 0 Å². The Labute approximate surface area is 247 Å². The Balaban J connectivity index is 1.85. The second-order valence-corrected chi connectivity index (χ2v) is 11.4. The number of thioether (sulfide) groups is 1. The van der Waals surface area contributed by atoms with Crippen LogP contribution in [0.1, 0.15) is 49.9 Å². The first-order chi connectivity index (χ1) is 20.1. The van der Waals surface area contributed by atoms with Crippen molar-refractivity contribution in [1.29, 1.82) is 0 Å². The zero-order valence-electron chi connectivity index (χ0n) is 24.0. The molecule has 41 heavy (non-hydrogen) atoms. The molecule has 1 fully saturated rings. The monoisotopic (exact) mass is 567 g/mol. The van der Waals surface area contributed by atoms with Gasteiger partial charge in [-0.15, -0.1) is 0 Å². The molecule has 0 N–H and O–H groups in total. The minimum Gasteiger partial charge on any atom is -0.466 e. The first-order valence-corrected chi connectivity index (χ1v) is 15.2. The normalized spacial score (nSPS) is 19.2. The molecule has 7 heteroatoms. The number of rotatable bonds is 10. The molecule has 0 saturated carbocycles. The van der Waals surface area contributed by atoms with Crippen molar-refractivity contribution in [2.45, 2.75) is 45.2 Å². The van der Waals surface area contributed by atoms with Crippen LogP contribution in [-0.4, -0.2) is 42.7 Å². The molecule has 0 bridgehead atoms. The number of hydrogen-bond acceptors (Lipinski definition) is 7. The molecule has 0 aliphatic carbocycles. The van der Waals surface area contributed by atoms with E-state index in [2.05, 4.69) is 47.9 Å². The third-order valence-corrected chi connectivity index (χ3v) is 8.92. The number of fused-ring (bicyclic) bond motifs is 1. The lowest BCUT2D eigenvalue weighted by molar-refractivity contribution is -0.134. The Hall–Kier alpha value is -3.84. The lowest BCUT2D eigenvalue weighted by Gasteiger charge is -2.46. The molecule has 0 aromatic heterocycles. The molecule has 212 valence electrons. The van der Waals surface area contributed by atoms with Crippen molar-refractivity contribution >= 4 is 45.6 Å². The molecule has 0 radical (unpaired) electrons. The second-order valence-electron chi connectivity index (χ2n) is 10.3. The quantitative estimate of drug-likeness (QED) is 0.143. The van der Waals surface area contributed by atoms with E-state index in [4.69, 9.17) is 9.73 Å². The summed E-state index contributed by atoms with van der Waals surface area (Å²) in [6.07, 6.45) is 5.39. The van der Waals surface area contributed by atoms with Crippen LogP contribution in [0.4, 0.5) is 17.1 Å². The number of aliphatic imine (C=N–C) groups is 1. The summed E-state index contributed by atoms with van der Waals surface area (Å²) in [5, 5.41) is 0.788. The molecule has 2 aliphatic heterocycles. The molecule has 5 rings (SSSR count). The number of carbonyl (C=O) groups is 2. The molecule has 2 aliphatic rings. The van der Waals surface area contributed by atoms with E-state index in [0.717, 1.165) is 60.9 Å². The standard InChI is InChI=1S/C34H37N3O3S/c1-4-6-22-36-27-20-14-15-21-28(27)37(23-7-5-2)34(36)31(32(39)25-16-10-8-11-17-25)29(24-30(38)40-3)41-33(34)35-26-18-12-9-13-19-26/h8-21,24,31H,4-7,22-23H2,1-3H3/b29-24-,35-33?. The largest absolute Gasteiger partial charge is 0.466 e. The van der Waals surface area contributed by atoms with Crippen molar-refractivity contribution in [3.05, 3.63) is 101 Å². The molecule has 3 aromatic carbocycles. The van der Waals surface area contributed by atoms with Crippen molar-refractivity contribution in [2.75, 3.05) is 30.0 Å². The summed E-state index contributed by atoms with van der Waals surface area (Å²) in [7, 11) is 1.37. The second kappa shape index (κ2) is 12.8. The molecule has 1 unspecified atom stereocenters. The maximum Gasteiger partial charge on any atom is 0.331 e. The average Bonchev–Trinajstić information content (AvgIpc) is 3.46. The van der Waals surface area contributed by atoms with Crippen LogP contribution >= 0.6 is 11.8 Å². The third-order valence-electron chi connectivity index (χ3n) is 7.74. The van der Waals surface area contributed by atoms with Gasteiger partial charge in [-0.05, 0) is 37.1 Å². The minimum atomic E-state index is -0.943. The SMILES string of the molecule is CCCCN1c2ccccc2N(CCCC)C12C(=Nc1ccccc1)S/C(=C\C(=O)OC)C2C(=O)c1ccccc1. The van der Waals surface area contributed by atoms with Gasteiger partial charge in [0, 0.05) is 29.6 Å². The summed E-state index contributed by atoms with van der Waals surface area (Å²) in [6, 6.07) is 27.7. The van der Waals surface area contributed by atoms with Crippen molar-refractivity contribution in [3.63, 3.8) is 0 Å². The van der Waals surface area contributed by atoms with Gasteiger partial charge in [0.25, 0.3) is 0 Å². The van der Waals surface area contributed by atoms with Gasteiger partial charge < -0.3 is 14.5 Å². The number of carbonyl (C=O) groups excluding carboxylic acids is 2. The van der Waals surface area contributed by atoms with Crippen LogP contribution < -0.4 is 9.80 Å².